The van der Waals surface area contributed by atoms with Crippen molar-refractivity contribution in [2.75, 3.05) is 0 Å². The van der Waals surface area contributed by atoms with E-state index in [1.807, 2.05) is 0 Å². The number of carbonyl (C=O) groups excluding carboxylic acids is 1. The lowest BCUT2D eigenvalue weighted by Crippen LogP contribution is -2.02. The molecule has 0 saturated carbocycles. The van der Waals surface area contributed by atoms with Crippen LogP contribution in [0.1, 0.15) is 5.69 Å². The van der Waals surface area contributed by atoms with Gasteiger partial charge in [-0.2, -0.15) is 4.39 Å². The third kappa shape index (κ3) is 2.98. The Labute approximate surface area is 74.1 Å². The lowest BCUT2D eigenvalue weighted by molar-refractivity contribution is -0.139. The molecule has 1 heterocycles. The first-order valence-corrected chi connectivity index (χ1v) is 3.48. The second-order valence-corrected chi connectivity index (χ2v) is 2.14. The van der Waals surface area contributed by atoms with Crippen molar-refractivity contribution in [3.63, 3.8) is 0 Å². The number of ether oxygens (including phenoxy) is 1. The highest BCUT2D eigenvalue weighted by atomic mass is 19.1. The highest BCUT2D eigenvalue weighted by molar-refractivity contribution is 5.81. The summed E-state index contributed by atoms with van der Waals surface area (Å²) in [7, 11) is 0. The summed E-state index contributed by atoms with van der Waals surface area (Å²) in [6.07, 6.45) is 3.19. The maximum absolute atomic E-state index is 12.3. The normalized spacial score (nSPS) is 9.31. The monoisotopic (exact) mass is 182 g/mol. The predicted molar refractivity (Wildman–Crippen MR) is 42.0 cm³/mol. The molecule has 0 radical (unpaired) electrons. The third-order valence-corrected chi connectivity index (χ3v) is 1.20. The molecule has 0 unspecified atom stereocenters. The van der Waals surface area contributed by atoms with Gasteiger partial charge < -0.3 is 4.74 Å². The van der Waals surface area contributed by atoms with Gasteiger partial charge in [0, 0.05) is 6.08 Å². The summed E-state index contributed by atoms with van der Waals surface area (Å²) in [6, 6.07) is 0. The molecule has 0 bridgehead atoms. The zero-order chi connectivity index (χ0) is 9.68. The van der Waals surface area contributed by atoms with Crippen molar-refractivity contribution >= 4 is 5.97 Å². The van der Waals surface area contributed by atoms with Crippen LogP contribution in [-0.4, -0.2) is 15.9 Å². The van der Waals surface area contributed by atoms with E-state index < -0.39 is 11.9 Å². The maximum Gasteiger partial charge on any atom is 0.330 e. The summed E-state index contributed by atoms with van der Waals surface area (Å²) >= 11 is 0. The fraction of sp³-hybridized carbons (Fsp3) is 0.125. The van der Waals surface area contributed by atoms with E-state index in [4.69, 9.17) is 0 Å². The standard InChI is InChI=1S/C8H7FN2O2/c1-2-8(12)13-5-6-3-11-7(9)4-10-6/h2-4H,1,5H2. The van der Waals surface area contributed by atoms with Crippen molar-refractivity contribution < 1.29 is 13.9 Å². The van der Waals surface area contributed by atoms with Crippen LogP contribution in [0, 0.1) is 5.95 Å². The van der Waals surface area contributed by atoms with Gasteiger partial charge in [0.2, 0.25) is 5.95 Å². The van der Waals surface area contributed by atoms with Gasteiger partial charge in [0.15, 0.2) is 0 Å². The van der Waals surface area contributed by atoms with Crippen LogP contribution in [-0.2, 0) is 16.1 Å². The Hall–Kier alpha value is -1.78. The Balaban J connectivity index is 2.50. The minimum atomic E-state index is -0.668. The molecule has 0 aliphatic heterocycles. The molecule has 1 aromatic rings. The van der Waals surface area contributed by atoms with Crippen molar-refractivity contribution in [1.82, 2.24) is 9.97 Å². The quantitative estimate of drug-likeness (QED) is 0.513. The zero-order valence-corrected chi connectivity index (χ0v) is 6.74. The van der Waals surface area contributed by atoms with Crippen molar-refractivity contribution in [1.29, 1.82) is 0 Å². The first-order chi connectivity index (χ1) is 6.22. The summed E-state index contributed by atoms with van der Waals surface area (Å²) in [5.74, 6) is -1.22. The van der Waals surface area contributed by atoms with Gasteiger partial charge in [0.1, 0.15) is 6.61 Å². The van der Waals surface area contributed by atoms with Crippen molar-refractivity contribution in [3.8, 4) is 0 Å². The highest BCUT2D eigenvalue weighted by Crippen LogP contribution is 1.96. The van der Waals surface area contributed by atoms with Crippen LogP contribution in [0.5, 0.6) is 0 Å². The Morgan fingerprint density at radius 1 is 1.62 bits per heavy atom. The molecular weight excluding hydrogens is 175 g/mol. The van der Waals surface area contributed by atoms with Crippen LogP contribution in [0.25, 0.3) is 0 Å². The van der Waals surface area contributed by atoms with Gasteiger partial charge in [0.25, 0.3) is 0 Å². The Morgan fingerprint density at radius 2 is 2.38 bits per heavy atom. The number of carbonyl (C=O) groups is 1. The number of hydrogen-bond acceptors (Lipinski definition) is 4. The average molecular weight is 182 g/mol. The number of esters is 1. The van der Waals surface area contributed by atoms with Crippen LogP contribution < -0.4 is 0 Å². The summed E-state index contributed by atoms with van der Waals surface area (Å²) in [6.45, 7) is 3.19. The second kappa shape index (κ2) is 4.30. The van der Waals surface area contributed by atoms with Crippen LogP contribution in [0.2, 0.25) is 0 Å². The summed E-state index contributed by atoms with van der Waals surface area (Å²) in [5.41, 5.74) is 0.386. The van der Waals surface area contributed by atoms with E-state index in [-0.39, 0.29) is 6.61 Å². The molecule has 5 heteroatoms. The second-order valence-electron chi connectivity index (χ2n) is 2.14. The number of rotatable bonds is 3. The van der Waals surface area contributed by atoms with Gasteiger partial charge in [-0.15, -0.1) is 0 Å². The van der Waals surface area contributed by atoms with Crippen LogP contribution in [0.15, 0.2) is 25.0 Å². The van der Waals surface area contributed by atoms with Crippen LogP contribution in [0.4, 0.5) is 4.39 Å². The van der Waals surface area contributed by atoms with Crippen molar-refractivity contribution in [2.45, 2.75) is 6.61 Å². The molecule has 0 amide bonds. The van der Waals surface area contributed by atoms with Crippen LogP contribution >= 0.6 is 0 Å². The molecule has 13 heavy (non-hydrogen) atoms. The van der Waals surface area contributed by atoms with Gasteiger partial charge >= 0.3 is 5.97 Å². The van der Waals surface area contributed by atoms with E-state index in [1.165, 1.54) is 6.20 Å². The summed E-state index contributed by atoms with van der Waals surface area (Å²) < 4.78 is 16.9. The number of hydrogen-bond donors (Lipinski definition) is 0. The molecule has 0 spiro atoms. The largest absolute Gasteiger partial charge is 0.456 e. The number of nitrogens with zero attached hydrogens (tertiary/aromatic N) is 2. The summed E-state index contributed by atoms with van der Waals surface area (Å²) in [5, 5.41) is 0. The van der Waals surface area contributed by atoms with E-state index >= 15 is 0 Å². The maximum atomic E-state index is 12.3. The fourth-order valence-electron chi connectivity index (χ4n) is 0.618. The zero-order valence-electron chi connectivity index (χ0n) is 6.74. The Kier molecular flexibility index (Phi) is 3.08. The minimum Gasteiger partial charge on any atom is -0.456 e. The molecule has 4 nitrogen and oxygen atoms in total. The number of aromatic nitrogens is 2. The molecule has 0 aromatic carbocycles. The molecule has 0 aliphatic rings. The molecule has 0 N–H and O–H groups in total. The molecular formula is C8H7FN2O2. The van der Waals surface area contributed by atoms with E-state index in [2.05, 4.69) is 21.3 Å². The van der Waals surface area contributed by atoms with Gasteiger partial charge in [0.05, 0.1) is 18.1 Å². The molecule has 1 rings (SSSR count). The van der Waals surface area contributed by atoms with Gasteiger partial charge in [-0.3, -0.25) is 4.98 Å². The molecule has 0 saturated heterocycles. The first kappa shape index (κ1) is 9.31. The predicted octanol–water partition coefficient (Wildman–Crippen LogP) is 0.845. The van der Waals surface area contributed by atoms with E-state index in [0.29, 0.717) is 5.69 Å². The third-order valence-electron chi connectivity index (χ3n) is 1.20. The Morgan fingerprint density at radius 3 is 2.92 bits per heavy atom. The topological polar surface area (TPSA) is 52.1 Å². The Bertz CT molecular complexity index is 310. The van der Waals surface area contributed by atoms with Gasteiger partial charge in [-0.1, -0.05) is 6.58 Å². The van der Waals surface area contributed by atoms with Crippen molar-refractivity contribution in [2.24, 2.45) is 0 Å². The molecule has 0 aliphatic carbocycles. The molecule has 0 atom stereocenters. The average Bonchev–Trinajstić information content (AvgIpc) is 2.16. The molecule has 0 fully saturated rings. The fourth-order valence-corrected chi connectivity index (χ4v) is 0.618. The van der Waals surface area contributed by atoms with Crippen molar-refractivity contribution in [3.05, 3.63) is 36.7 Å². The first-order valence-electron chi connectivity index (χ1n) is 3.48. The van der Waals surface area contributed by atoms with Gasteiger partial charge in [-0.05, 0) is 0 Å². The van der Waals surface area contributed by atoms with E-state index in [0.717, 1.165) is 12.3 Å². The minimum absolute atomic E-state index is 0.0296. The highest BCUT2D eigenvalue weighted by Gasteiger charge is 1.99. The lowest BCUT2D eigenvalue weighted by atomic mass is 10.5. The summed E-state index contributed by atoms with van der Waals surface area (Å²) in [4.78, 5) is 17.6. The molecule has 1 aromatic heterocycles. The molecule has 68 valence electrons. The number of halogens is 1. The smallest absolute Gasteiger partial charge is 0.330 e. The van der Waals surface area contributed by atoms with E-state index in [9.17, 15) is 9.18 Å². The van der Waals surface area contributed by atoms with E-state index in [1.54, 1.807) is 0 Å². The SMILES string of the molecule is C=CC(=O)OCc1cnc(F)cn1. The van der Waals surface area contributed by atoms with Crippen LogP contribution in [0.3, 0.4) is 0 Å². The van der Waals surface area contributed by atoms with Gasteiger partial charge in [-0.25, -0.2) is 9.78 Å². The lowest BCUT2D eigenvalue weighted by Gasteiger charge is -1.99.